The minimum atomic E-state index is -0.499. The molecule has 0 saturated heterocycles. The molecule has 0 aliphatic carbocycles. The molecule has 0 N–H and O–H groups in total. The van der Waals surface area contributed by atoms with Gasteiger partial charge in [0.25, 0.3) is 5.56 Å². The molecule has 5 nitrogen and oxygen atoms in total. The van der Waals surface area contributed by atoms with Crippen molar-refractivity contribution in [1.82, 2.24) is 9.55 Å². The fourth-order valence-electron chi connectivity index (χ4n) is 1.52. The molecular weight excluding hydrogens is 232 g/mol. The smallest absolute Gasteiger partial charge is 0.356 e. The number of pyridine rings is 2. The third-order valence-corrected chi connectivity index (χ3v) is 2.54. The molecule has 0 bridgehead atoms. The van der Waals surface area contributed by atoms with Gasteiger partial charge in [-0.2, -0.15) is 0 Å². The highest BCUT2D eigenvalue weighted by Gasteiger charge is 2.08. The lowest BCUT2D eigenvalue weighted by Gasteiger charge is -2.04. The first-order valence-corrected chi connectivity index (χ1v) is 5.34. The number of aryl methyl sites for hydroxylation is 1. The van der Waals surface area contributed by atoms with Crippen LogP contribution in [0.2, 0.25) is 0 Å². The normalized spacial score (nSPS) is 10.1. The number of ether oxygens (including phenoxy) is 1. The Kier molecular flexibility index (Phi) is 3.23. The molecule has 0 saturated carbocycles. The monoisotopic (exact) mass is 244 g/mol. The van der Waals surface area contributed by atoms with E-state index < -0.39 is 5.97 Å². The quantitative estimate of drug-likeness (QED) is 0.745. The van der Waals surface area contributed by atoms with Crippen LogP contribution >= 0.6 is 0 Å². The summed E-state index contributed by atoms with van der Waals surface area (Å²) < 4.78 is 6.07. The molecule has 2 aromatic rings. The zero-order valence-corrected chi connectivity index (χ0v) is 10.1. The zero-order chi connectivity index (χ0) is 13.1. The van der Waals surface area contributed by atoms with Crippen LogP contribution in [-0.4, -0.2) is 22.6 Å². The molecule has 18 heavy (non-hydrogen) atoms. The lowest BCUT2D eigenvalue weighted by molar-refractivity contribution is 0.0594. The molecule has 2 heterocycles. The highest BCUT2D eigenvalue weighted by atomic mass is 16.5. The Labute approximate surface area is 104 Å². The second-order valence-electron chi connectivity index (χ2n) is 3.76. The van der Waals surface area contributed by atoms with Crippen LogP contribution in [0.1, 0.15) is 10.5 Å². The summed E-state index contributed by atoms with van der Waals surface area (Å²) in [6, 6.07) is 8.25. The summed E-state index contributed by atoms with van der Waals surface area (Å²) in [5, 5.41) is 0. The molecule has 0 amide bonds. The number of esters is 1. The van der Waals surface area contributed by atoms with Crippen LogP contribution < -0.4 is 5.56 Å². The SMILES string of the molecule is COC(=O)c1cccc(-c2ccn(C)c(=O)c2)n1. The van der Waals surface area contributed by atoms with E-state index in [0.29, 0.717) is 11.3 Å². The molecular formula is C13H12N2O3. The van der Waals surface area contributed by atoms with Crippen LogP contribution in [0.5, 0.6) is 0 Å². The summed E-state index contributed by atoms with van der Waals surface area (Å²) in [5.74, 6) is -0.499. The van der Waals surface area contributed by atoms with Gasteiger partial charge in [-0.1, -0.05) is 6.07 Å². The summed E-state index contributed by atoms with van der Waals surface area (Å²) in [6.07, 6.45) is 1.66. The van der Waals surface area contributed by atoms with Crippen LogP contribution in [0.4, 0.5) is 0 Å². The molecule has 0 atom stereocenters. The maximum atomic E-state index is 11.5. The van der Waals surface area contributed by atoms with Crippen molar-refractivity contribution in [3.05, 3.63) is 52.6 Å². The summed E-state index contributed by atoms with van der Waals surface area (Å²) in [5.41, 5.74) is 1.33. The molecule has 0 spiro atoms. The molecule has 0 unspecified atom stereocenters. The predicted octanol–water partition coefficient (Wildman–Crippen LogP) is 1.23. The van der Waals surface area contributed by atoms with E-state index in [1.807, 2.05) is 0 Å². The van der Waals surface area contributed by atoms with E-state index in [9.17, 15) is 9.59 Å². The summed E-state index contributed by atoms with van der Waals surface area (Å²) in [6.45, 7) is 0. The molecule has 2 aromatic heterocycles. The van der Waals surface area contributed by atoms with Crippen molar-refractivity contribution in [1.29, 1.82) is 0 Å². The van der Waals surface area contributed by atoms with E-state index in [2.05, 4.69) is 9.72 Å². The van der Waals surface area contributed by atoms with Gasteiger partial charge >= 0.3 is 5.97 Å². The van der Waals surface area contributed by atoms with Gasteiger partial charge in [0, 0.05) is 24.9 Å². The number of rotatable bonds is 2. The van der Waals surface area contributed by atoms with Crippen LogP contribution in [-0.2, 0) is 11.8 Å². The minimum Gasteiger partial charge on any atom is -0.464 e. The van der Waals surface area contributed by atoms with Crippen molar-refractivity contribution in [2.24, 2.45) is 7.05 Å². The van der Waals surface area contributed by atoms with Crippen molar-refractivity contribution in [3.8, 4) is 11.3 Å². The Bertz CT molecular complexity index is 647. The standard InChI is InChI=1S/C13H12N2O3/c1-15-7-6-9(8-12(15)16)10-4-3-5-11(14-10)13(17)18-2/h3-8H,1-2H3. The van der Waals surface area contributed by atoms with Crippen molar-refractivity contribution >= 4 is 5.97 Å². The highest BCUT2D eigenvalue weighted by Crippen LogP contribution is 2.15. The average Bonchev–Trinajstić information content (AvgIpc) is 2.41. The van der Waals surface area contributed by atoms with Gasteiger partial charge in [-0.3, -0.25) is 4.79 Å². The van der Waals surface area contributed by atoms with Gasteiger partial charge in [-0.25, -0.2) is 9.78 Å². The largest absolute Gasteiger partial charge is 0.464 e. The van der Waals surface area contributed by atoms with Gasteiger partial charge < -0.3 is 9.30 Å². The van der Waals surface area contributed by atoms with Crippen molar-refractivity contribution in [2.75, 3.05) is 7.11 Å². The molecule has 92 valence electrons. The summed E-state index contributed by atoms with van der Waals surface area (Å²) >= 11 is 0. The maximum absolute atomic E-state index is 11.5. The van der Waals surface area contributed by atoms with Gasteiger partial charge in [0.1, 0.15) is 5.69 Å². The minimum absolute atomic E-state index is 0.127. The predicted molar refractivity (Wildman–Crippen MR) is 66.3 cm³/mol. The summed E-state index contributed by atoms with van der Waals surface area (Å²) in [4.78, 5) is 27.1. The number of hydrogen-bond donors (Lipinski definition) is 0. The van der Waals surface area contributed by atoms with Gasteiger partial charge in [-0.05, 0) is 18.2 Å². The number of hydrogen-bond acceptors (Lipinski definition) is 4. The number of carbonyl (C=O) groups excluding carboxylic acids is 1. The third kappa shape index (κ3) is 2.29. The average molecular weight is 244 g/mol. The van der Waals surface area contributed by atoms with E-state index in [0.717, 1.165) is 0 Å². The van der Waals surface area contributed by atoms with E-state index in [1.165, 1.54) is 17.7 Å². The fraction of sp³-hybridized carbons (Fsp3) is 0.154. The van der Waals surface area contributed by atoms with Gasteiger partial charge in [0.15, 0.2) is 0 Å². The lowest BCUT2D eigenvalue weighted by Crippen LogP contribution is -2.14. The number of nitrogens with zero attached hydrogens (tertiary/aromatic N) is 2. The van der Waals surface area contributed by atoms with E-state index in [-0.39, 0.29) is 11.3 Å². The van der Waals surface area contributed by atoms with Crippen molar-refractivity contribution in [3.63, 3.8) is 0 Å². The van der Waals surface area contributed by atoms with E-state index in [1.54, 1.807) is 37.5 Å². The molecule has 0 fully saturated rings. The first kappa shape index (κ1) is 12.0. The second-order valence-corrected chi connectivity index (χ2v) is 3.76. The Morgan fingerprint density at radius 3 is 2.78 bits per heavy atom. The van der Waals surface area contributed by atoms with E-state index in [4.69, 9.17) is 0 Å². The Morgan fingerprint density at radius 1 is 1.33 bits per heavy atom. The Morgan fingerprint density at radius 2 is 2.11 bits per heavy atom. The lowest BCUT2D eigenvalue weighted by atomic mass is 10.1. The number of aromatic nitrogens is 2. The topological polar surface area (TPSA) is 61.2 Å². The first-order valence-electron chi connectivity index (χ1n) is 5.34. The van der Waals surface area contributed by atoms with Gasteiger partial charge in [0.05, 0.1) is 12.8 Å². The molecule has 0 aliphatic heterocycles. The van der Waals surface area contributed by atoms with Crippen molar-refractivity contribution in [2.45, 2.75) is 0 Å². The Balaban J connectivity index is 2.47. The van der Waals surface area contributed by atoms with Crippen LogP contribution in [0, 0.1) is 0 Å². The number of carbonyl (C=O) groups is 1. The first-order chi connectivity index (χ1) is 8.61. The fourth-order valence-corrected chi connectivity index (χ4v) is 1.52. The van der Waals surface area contributed by atoms with Gasteiger partial charge in [-0.15, -0.1) is 0 Å². The molecule has 0 aromatic carbocycles. The van der Waals surface area contributed by atoms with Crippen molar-refractivity contribution < 1.29 is 9.53 Å². The Hall–Kier alpha value is -2.43. The maximum Gasteiger partial charge on any atom is 0.356 e. The molecule has 0 radical (unpaired) electrons. The second kappa shape index (κ2) is 4.83. The molecule has 0 aliphatic rings. The van der Waals surface area contributed by atoms with Crippen LogP contribution in [0.15, 0.2) is 41.3 Å². The molecule has 2 rings (SSSR count). The summed E-state index contributed by atoms with van der Waals surface area (Å²) in [7, 11) is 2.97. The van der Waals surface area contributed by atoms with Crippen LogP contribution in [0.25, 0.3) is 11.3 Å². The zero-order valence-electron chi connectivity index (χ0n) is 10.1. The van der Waals surface area contributed by atoms with Gasteiger partial charge in [0.2, 0.25) is 0 Å². The number of methoxy groups -OCH3 is 1. The molecule has 5 heteroatoms. The van der Waals surface area contributed by atoms with E-state index >= 15 is 0 Å². The third-order valence-electron chi connectivity index (χ3n) is 2.54. The highest BCUT2D eigenvalue weighted by molar-refractivity contribution is 5.87. The van der Waals surface area contributed by atoms with Crippen LogP contribution in [0.3, 0.4) is 0 Å².